The zero-order valence-corrected chi connectivity index (χ0v) is 14.4. The molecule has 0 aromatic carbocycles. The van der Waals surface area contributed by atoms with E-state index in [1.165, 1.54) is 32.1 Å². The molecule has 4 aliphatic carbocycles. The van der Waals surface area contributed by atoms with Crippen LogP contribution >= 0.6 is 0 Å². The van der Waals surface area contributed by atoms with Crippen molar-refractivity contribution in [3.63, 3.8) is 0 Å². The smallest absolute Gasteiger partial charge is 0.0723 e. The number of fused-ring (bicyclic) bond motifs is 5. The van der Waals surface area contributed by atoms with Gasteiger partial charge >= 0.3 is 0 Å². The fourth-order valence-corrected chi connectivity index (χ4v) is 7.16. The minimum Gasteiger partial charge on any atom is -0.393 e. The second kappa shape index (κ2) is 4.83. The molecule has 0 radical (unpaired) electrons. The van der Waals surface area contributed by atoms with E-state index in [2.05, 4.69) is 26.8 Å². The van der Waals surface area contributed by atoms with E-state index in [1.807, 2.05) is 0 Å². The molecule has 0 aromatic heterocycles. The van der Waals surface area contributed by atoms with Gasteiger partial charge in [0.25, 0.3) is 0 Å². The summed E-state index contributed by atoms with van der Waals surface area (Å²) >= 11 is 0. The maximum Gasteiger partial charge on any atom is 0.0723 e. The lowest BCUT2D eigenvalue weighted by molar-refractivity contribution is -0.126. The van der Waals surface area contributed by atoms with Crippen molar-refractivity contribution in [1.82, 2.24) is 0 Å². The number of hydrogen-bond acceptors (Lipinski definition) is 2. The van der Waals surface area contributed by atoms with Crippen molar-refractivity contribution in [2.75, 3.05) is 0 Å². The van der Waals surface area contributed by atoms with Gasteiger partial charge in [0.05, 0.1) is 12.2 Å². The van der Waals surface area contributed by atoms with E-state index in [0.717, 1.165) is 24.7 Å². The van der Waals surface area contributed by atoms with Gasteiger partial charge in [0.2, 0.25) is 0 Å². The van der Waals surface area contributed by atoms with Crippen molar-refractivity contribution in [3.8, 4) is 0 Å². The van der Waals surface area contributed by atoms with Crippen molar-refractivity contribution in [1.29, 1.82) is 0 Å². The first-order valence-corrected chi connectivity index (χ1v) is 9.44. The lowest BCUT2D eigenvalue weighted by atomic mass is 9.44. The van der Waals surface area contributed by atoms with E-state index >= 15 is 0 Å². The maximum absolute atomic E-state index is 10.7. The minimum atomic E-state index is -0.195. The summed E-state index contributed by atoms with van der Waals surface area (Å²) in [5.41, 5.74) is 1.96. The summed E-state index contributed by atoms with van der Waals surface area (Å²) in [5, 5.41) is 20.7. The van der Waals surface area contributed by atoms with Gasteiger partial charge in [-0.2, -0.15) is 0 Å². The lowest BCUT2D eigenvalue weighted by Crippen LogP contribution is -2.55. The highest BCUT2D eigenvalue weighted by Gasteiger charge is 2.65. The fourth-order valence-electron chi connectivity index (χ4n) is 7.16. The molecule has 0 aromatic rings. The van der Waals surface area contributed by atoms with Crippen LogP contribution in [0.15, 0.2) is 11.6 Å². The molecule has 4 rings (SSSR count). The van der Waals surface area contributed by atoms with Crippen LogP contribution in [0.2, 0.25) is 0 Å². The molecule has 4 aliphatic rings. The van der Waals surface area contributed by atoms with E-state index in [-0.39, 0.29) is 23.0 Å². The van der Waals surface area contributed by atoms with Gasteiger partial charge in [0, 0.05) is 0 Å². The summed E-state index contributed by atoms with van der Waals surface area (Å²) in [6, 6.07) is 0. The summed E-state index contributed by atoms with van der Waals surface area (Å²) in [6.07, 6.45) is 9.89. The van der Waals surface area contributed by atoms with Crippen LogP contribution in [0.4, 0.5) is 0 Å². The zero-order valence-electron chi connectivity index (χ0n) is 14.4. The molecule has 22 heavy (non-hydrogen) atoms. The van der Waals surface area contributed by atoms with Gasteiger partial charge in [-0.1, -0.05) is 32.4 Å². The summed E-state index contributed by atoms with van der Waals surface area (Å²) in [4.78, 5) is 0. The monoisotopic (exact) mass is 304 g/mol. The molecule has 2 N–H and O–H groups in total. The van der Waals surface area contributed by atoms with Crippen LogP contribution in [-0.4, -0.2) is 22.4 Å². The highest BCUT2D eigenvalue weighted by Crippen LogP contribution is 2.70. The van der Waals surface area contributed by atoms with Crippen LogP contribution in [0.1, 0.15) is 65.7 Å². The average Bonchev–Trinajstić information content (AvgIpc) is 2.66. The summed E-state index contributed by atoms with van der Waals surface area (Å²) in [5.74, 6) is 2.89. The fraction of sp³-hybridized carbons (Fsp3) is 0.900. The van der Waals surface area contributed by atoms with Crippen molar-refractivity contribution in [2.24, 2.45) is 34.5 Å². The Kier molecular flexibility index (Phi) is 3.34. The van der Waals surface area contributed by atoms with Gasteiger partial charge in [0.15, 0.2) is 0 Å². The second-order valence-corrected chi connectivity index (χ2v) is 9.19. The summed E-state index contributed by atoms with van der Waals surface area (Å²) in [6.45, 7) is 7.25. The highest BCUT2D eigenvalue weighted by molar-refractivity contribution is 5.22. The molecule has 2 heteroatoms. The molecular weight excluding hydrogens is 272 g/mol. The van der Waals surface area contributed by atoms with Crippen LogP contribution < -0.4 is 0 Å². The second-order valence-electron chi connectivity index (χ2n) is 9.19. The van der Waals surface area contributed by atoms with Gasteiger partial charge in [-0.3, -0.25) is 0 Å². The quantitative estimate of drug-likeness (QED) is 0.666. The van der Waals surface area contributed by atoms with Crippen molar-refractivity contribution in [3.05, 3.63) is 11.6 Å². The minimum absolute atomic E-state index is 0.112. The molecule has 0 aliphatic heterocycles. The summed E-state index contributed by atoms with van der Waals surface area (Å²) in [7, 11) is 0. The Labute approximate surface area is 135 Å². The Morgan fingerprint density at radius 3 is 2.64 bits per heavy atom. The first kappa shape index (κ1) is 15.2. The third kappa shape index (κ3) is 1.74. The third-order valence-electron chi connectivity index (χ3n) is 8.77. The molecule has 6 unspecified atom stereocenters. The molecule has 0 saturated heterocycles. The van der Waals surface area contributed by atoms with Crippen LogP contribution in [0.25, 0.3) is 0 Å². The van der Waals surface area contributed by atoms with Gasteiger partial charge in [-0.15, -0.1) is 0 Å². The van der Waals surface area contributed by atoms with Crippen LogP contribution in [0.5, 0.6) is 0 Å². The standard InChI is InChI=1S/C20H32O2/c1-12-10-18(22)19(2)9-8-16-15-6-5-14(21)11-13(15)4-7-17(16)20(12,19)3/h11-12,14-18,21-22H,4-10H2,1-3H3/t12-,14?,15?,16?,17-,18?,19?,20?/m1/s1. The number of allylic oxidation sites excluding steroid dienone is 1. The summed E-state index contributed by atoms with van der Waals surface area (Å²) < 4.78 is 0. The molecule has 0 spiro atoms. The Balaban J connectivity index is 1.71. The molecule has 8 atom stereocenters. The molecule has 3 fully saturated rings. The Morgan fingerprint density at radius 2 is 1.86 bits per heavy atom. The Morgan fingerprint density at radius 1 is 1.09 bits per heavy atom. The lowest BCUT2D eigenvalue weighted by Gasteiger charge is -2.60. The normalized spacial score (nSPS) is 57.6. The average molecular weight is 304 g/mol. The first-order valence-electron chi connectivity index (χ1n) is 9.44. The molecule has 0 heterocycles. The van der Waals surface area contributed by atoms with Gasteiger partial charge < -0.3 is 10.2 Å². The number of rotatable bonds is 0. The molecule has 2 nitrogen and oxygen atoms in total. The largest absolute Gasteiger partial charge is 0.393 e. The van der Waals surface area contributed by atoms with Crippen molar-refractivity contribution in [2.45, 2.75) is 77.9 Å². The predicted octanol–water partition coefficient (Wildman–Crippen LogP) is 3.92. The van der Waals surface area contributed by atoms with Gasteiger partial charge in [0.1, 0.15) is 0 Å². The Bertz CT molecular complexity index is 498. The molecule has 0 amide bonds. The molecule has 0 bridgehead atoms. The van der Waals surface area contributed by atoms with E-state index in [4.69, 9.17) is 0 Å². The topological polar surface area (TPSA) is 40.5 Å². The van der Waals surface area contributed by atoms with Crippen LogP contribution in [0, 0.1) is 34.5 Å². The number of aliphatic hydroxyl groups is 2. The van der Waals surface area contributed by atoms with Crippen LogP contribution in [-0.2, 0) is 0 Å². The molecule has 3 saturated carbocycles. The maximum atomic E-state index is 10.7. The zero-order chi connectivity index (χ0) is 15.7. The highest BCUT2D eigenvalue weighted by atomic mass is 16.3. The van der Waals surface area contributed by atoms with Crippen molar-refractivity contribution < 1.29 is 10.2 Å². The van der Waals surface area contributed by atoms with E-state index in [0.29, 0.717) is 11.8 Å². The first-order chi connectivity index (χ1) is 10.4. The molecular formula is C20H32O2. The SMILES string of the molecule is C[C@@H]1CC(O)C2(C)CCC3C4CCC(O)C=C4CC[C@H]3C12C. The van der Waals surface area contributed by atoms with E-state index in [9.17, 15) is 10.2 Å². The van der Waals surface area contributed by atoms with E-state index < -0.39 is 0 Å². The Hall–Kier alpha value is -0.340. The predicted molar refractivity (Wildman–Crippen MR) is 88.3 cm³/mol. The van der Waals surface area contributed by atoms with E-state index in [1.54, 1.807) is 5.57 Å². The third-order valence-corrected chi connectivity index (χ3v) is 8.77. The molecule has 124 valence electrons. The number of hydrogen-bond donors (Lipinski definition) is 2. The van der Waals surface area contributed by atoms with Gasteiger partial charge in [-0.05, 0) is 79.4 Å². The number of aliphatic hydroxyl groups excluding tert-OH is 2. The van der Waals surface area contributed by atoms with Crippen LogP contribution in [0.3, 0.4) is 0 Å². The van der Waals surface area contributed by atoms with Gasteiger partial charge in [-0.25, -0.2) is 0 Å². The van der Waals surface area contributed by atoms with Crippen molar-refractivity contribution >= 4 is 0 Å².